The number of amides is 2. The number of halogens is 1. The Morgan fingerprint density at radius 3 is 2.89 bits per heavy atom. The van der Waals surface area contributed by atoms with Gasteiger partial charge in [-0.3, -0.25) is 19.5 Å². The molecule has 0 bridgehead atoms. The fourth-order valence-corrected chi connectivity index (χ4v) is 5.98. The highest BCUT2D eigenvalue weighted by molar-refractivity contribution is 8.03. The van der Waals surface area contributed by atoms with Crippen molar-refractivity contribution in [2.45, 2.75) is 36.4 Å². The molecule has 2 aromatic rings. The first kappa shape index (κ1) is 24.9. The summed E-state index contributed by atoms with van der Waals surface area (Å²) in [5.41, 5.74) is 11.7. The van der Waals surface area contributed by atoms with Crippen LogP contribution in [0.25, 0.3) is 0 Å². The Bertz CT molecular complexity index is 1260. The van der Waals surface area contributed by atoms with Gasteiger partial charge in [0.25, 0.3) is 11.8 Å². The molecule has 2 amide bonds. The monoisotopic (exact) mass is 537 g/mol. The summed E-state index contributed by atoms with van der Waals surface area (Å²) >= 11 is 8.29. The third-order valence-corrected chi connectivity index (χ3v) is 7.70. The summed E-state index contributed by atoms with van der Waals surface area (Å²) in [6.45, 7) is 0.193. The van der Waals surface area contributed by atoms with E-state index in [0.717, 1.165) is 16.2 Å². The van der Waals surface area contributed by atoms with Crippen LogP contribution in [0.2, 0.25) is 4.34 Å². The largest absolute Gasteiger partial charge is 0.477 e. The van der Waals surface area contributed by atoms with Gasteiger partial charge >= 0.3 is 5.97 Å². The van der Waals surface area contributed by atoms with Gasteiger partial charge in [-0.25, -0.2) is 9.78 Å². The zero-order valence-corrected chi connectivity index (χ0v) is 20.6. The Morgan fingerprint density at radius 1 is 1.49 bits per heavy atom. The maximum atomic E-state index is 13.0. The maximum Gasteiger partial charge on any atom is 0.353 e. The molecule has 4 rings (SSSR count). The number of aliphatic carboxylic acids is 1. The van der Waals surface area contributed by atoms with Crippen LogP contribution in [-0.2, 0) is 25.8 Å². The van der Waals surface area contributed by atoms with Crippen molar-refractivity contribution >= 4 is 63.3 Å². The molecule has 0 radical (unpaired) electrons. The summed E-state index contributed by atoms with van der Waals surface area (Å²) in [4.78, 5) is 53.5. The lowest BCUT2D eigenvalue weighted by Crippen LogP contribution is -2.72. The Labute approximate surface area is 212 Å². The highest BCUT2D eigenvalue weighted by Gasteiger charge is 2.54. The van der Waals surface area contributed by atoms with E-state index in [4.69, 9.17) is 27.9 Å². The number of anilines is 1. The molecule has 2 aliphatic rings. The Balaban J connectivity index is 1.56. The first-order valence-electron chi connectivity index (χ1n) is 10.2. The number of nitrogens with zero attached hydrogens (tertiary/aromatic N) is 4. The van der Waals surface area contributed by atoms with Crippen LogP contribution in [0.1, 0.15) is 24.2 Å². The molecule has 0 spiro atoms. The lowest BCUT2D eigenvalue weighted by molar-refractivity contribution is -0.155. The van der Waals surface area contributed by atoms with Crippen molar-refractivity contribution in [3.63, 3.8) is 0 Å². The standard InChI is InChI=1S/C20H20ClN7O5S2/c1-33-27-14(13-16(21)35-20(23)26-13)17(29)25-12-9-4-5-11(15(19(31)32)28(9)18(12)30)34-10-3-2-6-24-8(10)7-22/h2-3,6,9,12H,4-5,7,22H2,1H3,(H2,23,26)(H,25,29)(H,31,32)/t9-,12+/m1/s1. The molecule has 1 saturated heterocycles. The molecule has 184 valence electrons. The average Bonchev–Trinajstić information content (AvgIpc) is 3.17. The molecule has 6 N–H and O–H groups in total. The number of thiazole rings is 1. The summed E-state index contributed by atoms with van der Waals surface area (Å²) in [5.74, 6) is -2.54. The van der Waals surface area contributed by atoms with Gasteiger partial charge in [0.15, 0.2) is 10.8 Å². The summed E-state index contributed by atoms with van der Waals surface area (Å²) < 4.78 is 0.137. The maximum absolute atomic E-state index is 13.0. The van der Waals surface area contributed by atoms with E-state index >= 15 is 0 Å². The van der Waals surface area contributed by atoms with E-state index in [1.807, 2.05) is 0 Å². The number of carbonyl (C=O) groups excluding carboxylic acids is 2. The number of nitrogens with two attached hydrogens (primary N) is 2. The third kappa shape index (κ3) is 4.69. The molecule has 0 unspecified atom stereocenters. The topological polar surface area (TPSA) is 186 Å². The number of thioether (sulfide) groups is 1. The number of fused-ring (bicyclic) bond motifs is 1. The van der Waals surface area contributed by atoms with Crippen LogP contribution < -0.4 is 16.8 Å². The minimum absolute atomic E-state index is 0.0257. The molecule has 4 heterocycles. The van der Waals surface area contributed by atoms with Crippen molar-refractivity contribution in [1.29, 1.82) is 0 Å². The van der Waals surface area contributed by atoms with E-state index in [1.54, 1.807) is 18.3 Å². The number of pyridine rings is 1. The summed E-state index contributed by atoms with van der Waals surface area (Å²) in [6, 6.07) is 2.05. The van der Waals surface area contributed by atoms with E-state index in [0.29, 0.717) is 23.4 Å². The van der Waals surface area contributed by atoms with Crippen molar-refractivity contribution in [1.82, 2.24) is 20.2 Å². The number of carboxylic acid groups (broad SMARTS) is 1. The number of hydrogen-bond donors (Lipinski definition) is 4. The van der Waals surface area contributed by atoms with Gasteiger partial charge in [0, 0.05) is 22.5 Å². The minimum Gasteiger partial charge on any atom is -0.477 e. The molecule has 0 aliphatic carbocycles. The number of nitrogens with one attached hydrogen (secondary N) is 1. The molecule has 15 heteroatoms. The number of β-lactam (4-membered cyclic amide) rings is 1. The van der Waals surface area contributed by atoms with Crippen LogP contribution in [0.5, 0.6) is 0 Å². The van der Waals surface area contributed by atoms with Gasteiger partial charge in [0.2, 0.25) is 0 Å². The quantitative estimate of drug-likeness (QED) is 0.216. The van der Waals surface area contributed by atoms with Crippen LogP contribution in [0.4, 0.5) is 5.13 Å². The first-order valence-corrected chi connectivity index (χ1v) is 12.2. The van der Waals surface area contributed by atoms with Crippen molar-refractivity contribution in [3.8, 4) is 0 Å². The van der Waals surface area contributed by atoms with Gasteiger partial charge in [-0.1, -0.05) is 39.9 Å². The number of carbonyl (C=O) groups is 3. The van der Waals surface area contributed by atoms with Crippen molar-refractivity contribution in [2.75, 3.05) is 12.8 Å². The fraction of sp³-hybridized carbons (Fsp3) is 0.300. The Kier molecular flexibility index (Phi) is 7.25. The molecule has 2 atom stereocenters. The van der Waals surface area contributed by atoms with Gasteiger partial charge in [0.1, 0.15) is 28.9 Å². The minimum atomic E-state index is -1.24. The second-order valence-corrected chi connectivity index (χ2v) is 10.2. The average molecular weight is 538 g/mol. The summed E-state index contributed by atoms with van der Waals surface area (Å²) in [5, 5.41) is 16.3. The fourth-order valence-electron chi connectivity index (χ4n) is 3.89. The molecule has 35 heavy (non-hydrogen) atoms. The van der Waals surface area contributed by atoms with Crippen LogP contribution in [0.15, 0.2) is 39.0 Å². The van der Waals surface area contributed by atoms with E-state index in [2.05, 4.69) is 20.4 Å². The second kappa shape index (κ2) is 10.2. The van der Waals surface area contributed by atoms with Gasteiger partial charge < -0.3 is 26.7 Å². The number of oxime groups is 1. The van der Waals surface area contributed by atoms with Crippen LogP contribution >= 0.6 is 34.7 Å². The number of rotatable bonds is 8. The van der Waals surface area contributed by atoms with Gasteiger partial charge in [-0.05, 0) is 25.0 Å². The number of allylic oxidation sites excluding steroid dienone is 1. The van der Waals surface area contributed by atoms with Crippen LogP contribution in [0.3, 0.4) is 0 Å². The molecular weight excluding hydrogens is 518 g/mol. The van der Waals surface area contributed by atoms with E-state index in [9.17, 15) is 19.5 Å². The lowest BCUT2D eigenvalue weighted by Gasteiger charge is -2.50. The number of hydrogen-bond acceptors (Lipinski definition) is 11. The van der Waals surface area contributed by atoms with Crippen LogP contribution in [0, 0.1) is 0 Å². The lowest BCUT2D eigenvalue weighted by atomic mass is 9.86. The zero-order chi connectivity index (χ0) is 25.3. The third-order valence-electron chi connectivity index (χ3n) is 5.38. The molecule has 0 aromatic carbocycles. The number of nitrogen functional groups attached to an aromatic ring is 1. The SMILES string of the molecule is CON=C(C(=O)N[C@@H]1C(=O)N2C(C(=O)O)=C(Sc3cccnc3CN)CC[C@H]12)c1nc(N)sc1Cl. The van der Waals surface area contributed by atoms with Crippen molar-refractivity contribution in [3.05, 3.63) is 44.7 Å². The van der Waals surface area contributed by atoms with E-state index in [1.165, 1.54) is 23.8 Å². The van der Waals surface area contributed by atoms with E-state index < -0.39 is 29.9 Å². The molecule has 2 aromatic heterocycles. The molecule has 2 aliphatic heterocycles. The van der Waals surface area contributed by atoms with Crippen molar-refractivity contribution < 1.29 is 24.3 Å². The number of aromatic nitrogens is 2. The highest BCUT2D eigenvalue weighted by atomic mass is 35.5. The predicted molar refractivity (Wildman–Crippen MR) is 130 cm³/mol. The molecular formula is C20H20ClN7O5S2. The van der Waals surface area contributed by atoms with Crippen molar-refractivity contribution in [2.24, 2.45) is 10.9 Å². The highest BCUT2D eigenvalue weighted by Crippen LogP contribution is 2.43. The Hall–Kier alpha value is -3.20. The second-order valence-electron chi connectivity index (χ2n) is 7.39. The van der Waals surface area contributed by atoms with Crippen LogP contribution in [-0.4, -0.2) is 62.7 Å². The summed E-state index contributed by atoms with van der Waals surface area (Å²) in [7, 11) is 1.25. The van der Waals surface area contributed by atoms with Gasteiger partial charge in [-0.2, -0.15) is 0 Å². The van der Waals surface area contributed by atoms with Gasteiger partial charge in [-0.15, -0.1) is 0 Å². The molecule has 12 nitrogen and oxygen atoms in total. The van der Waals surface area contributed by atoms with E-state index in [-0.39, 0.29) is 33.1 Å². The zero-order valence-electron chi connectivity index (χ0n) is 18.2. The smallest absolute Gasteiger partial charge is 0.353 e. The van der Waals surface area contributed by atoms with Gasteiger partial charge in [0.05, 0.1) is 11.7 Å². The normalized spacial score (nSPS) is 19.8. The Morgan fingerprint density at radius 2 is 2.26 bits per heavy atom. The molecule has 1 fully saturated rings. The number of carboxylic acids is 1. The summed E-state index contributed by atoms with van der Waals surface area (Å²) in [6.07, 6.45) is 2.44. The first-order chi connectivity index (χ1) is 16.8. The molecule has 0 saturated carbocycles. The predicted octanol–water partition coefficient (Wildman–Crippen LogP) is 1.16.